The lowest BCUT2D eigenvalue weighted by atomic mass is 10.0. The SMILES string of the molecule is C=C(NCC)c1ccc2c(c1)NC(=O)/C(NSC)=C/C(C)=C\2. The van der Waals surface area contributed by atoms with E-state index in [-0.39, 0.29) is 5.91 Å². The van der Waals surface area contributed by atoms with Crippen LogP contribution in [0.4, 0.5) is 5.69 Å². The molecule has 0 fully saturated rings. The first-order chi connectivity index (χ1) is 10.5. The van der Waals surface area contributed by atoms with Crippen LogP contribution in [0.3, 0.4) is 0 Å². The van der Waals surface area contributed by atoms with Crippen molar-refractivity contribution in [1.29, 1.82) is 0 Å². The van der Waals surface area contributed by atoms with E-state index in [0.717, 1.165) is 34.6 Å². The molecule has 22 heavy (non-hydrogen) atoms. The van der Waals surface area contributed by atoms with Crippen LogP contribution in [-0.4, -0.2) is 18.7 Å². The molecule has 0 bridgehead atoms. The van der Waals surface area contributed by atoms with Gasteiger partial charge in [-0.25, -0.2) is 0 Å². The summed E-state index contributed by atoms with van der Waals surface area (Å²) in [5.41, 5.74) is 5.15. The maximum Gasteiger partial charge on any atom is 0.272 e. The number of rotatable bonds is 5. The number of fused-ring (bicyclic) bond motifs is 1. The molecule has 0 saturated carbocycles. The van der Waals surface area contributed by atoms with Gasteiger partial charge in [0.15, 0.2) is 0 Å². The molecule has 0 unspecified atom stereocenters. The van der Waals surface area contributed by atoms with Crippen LogP contribution in [0.25, 0.3) is 11.8 Å². The number of anilines is 1. The van der Waals surface area contributed by atoms with E-state index >= 15 is 0 Å². The summed E-state index contributed by atoms with van der Waals surface area (Å²) in [6, 6.07) is 5.95. The van der Waals surface area contributed by atoms with E-state index in [1.807, 2.05) is 44.4 Å². The van der Waals surface area contributed by atoms with Crippen molar-refractivity contribution in [2.24, 2.45) is 0 Å². The van der Waals surface area contributed by atoms with Crippen LogP contribution >= 0.6 is 11.9 Å². The number of amides is 1. The van der Waals surface area contributed by atoms with Crippen molar-refractivity contribution in [3.8, 4) is 0 Å². The van der Waals surface area contributed by atoms with Gasteiger partial charge >= 0.3 is 0 Å². The van der Waals surface area contributed by atoms with E-state index in [0.29, 0.717) is 5.70 Å². The summed E-state index contributed by atoms with van der Waals surface area (Å²) in [7, 11) is 0. The number of allylic oxidation sites excluding steroid dienone is 2. The minimum atomic E-state index is -0.144. The first kappa shape index (κ1) is 16.2. The summed E-state index contributed by atoms with van der Waals surface area (Å²) in [4.78, 5) is 12.4. The molecule has 1 aromatic carbocycles. The van der Waals surface area contributed by atoms with E-state index < -0.39 is 0 Å². The fraction of sp³-hybridized carbons (Fsp3) is 0.235. The monoisotopic (exact) mass is 315 g/mol. The molecule has 3 N–H and O–H groups in total. The van der Waals surface area contributed by atoms with Gasteiger partial charge in [0.05, 0.1) is 0 Å². The van der Waals surface area contributed by atoms with Crippen LogP contribution < -0.4 is 15.4 Å². The van der Waals surface area contributed by atoms with E-state index in [2.05, 4.69) is 28.0 Å². The molecular formula is C17H21N3OS. The highest BCUT2D eigenvalue weighted by molar-refractivity contribution is 7.96. The lowest BCUT2D eigenvalue weighted by molar-refractivity contribution is -0.113. The predicted molar refractivity (Wildman–Crippen MR) is 96.2 cm³/mol. The van der Waals surface area contributed by atoms with E-state index in [9.17, 15) is 4.79 Å². The number of hydrogen-bond donors (Lipinski definition) is 3. The molecule has 1 aromatic rings. The first-order valence-corrected chi connectivity index (χ1v) is 8.35. The van der Waals surface area contributed by atoms with Gasteiger partial charge in [-0.3, -0.25) is 4.79 Å². The van der Waals surface area contributed by atoms with Gasteiger partial charge in [-0.05, 0) is 48.8 Å². The van der Waals surface area contributed by atoms with Crippen molar-refractivity contribution in [2.45, 2.75) is 13.8 Å². The summed E-state index contributed by atoms with van der Waals surface area (Å²) >= 11 is 1.40. The Bertz CT molecular complexity index is 662. The Balaban J connectivity index is 2.41. The van der Waals surface area contributed by atoms with Crippen molar-refractivity contribution < 1.29 is 4.79 Å². The average molecular weight is 315 g/mol. The fourth-order valence-electron chi connectivity index (χ4n) is 2.25. The molecule has 0 aromatic heterocycles. The van der Waals surface area contributed by atoms with Gasteiger partial charge in [-0.1, -0.05) is 30.7 Å². The smallest absolute Gasteiger partial charge is 0.272 e. The van der Waals surface area contributed by atoms with Gasteiger partial charge in [0, 0.05) is 24.2 Å². The largest absolute Gasteiger partial charge is 0.385 e. The Kier molecular flexibility index (Phi) is 5.33. The zero-order valence-electron chi connectivity index (χ0n) is 13.1. The molecule has 0 spiro atoms. The zero-order valence-corrected chi connectivity index (χ0v) is 13.9. The minimum absolute atomic E-state index is 0.144. The van der Waals surface area contributed by atoms with Gasteiger partial charge in [0.25, 0.3) is 5.91 Å². The molecule has 1 aliphatic rings. The van der Waals surface area contributed by atoms with Gasteiger partial charge in [0.1, 0.15) is 5.70 Å². The summed E-state index contributed by atoms with van der Waals surface area (Å²) in [5.74, 6) is -0.144. The Hall–Kier alpha value is -2.14. The molecule has 1 aliphatic heterocycles. The van der Waals surface area contributed by atoms with Crippen molar-refractivity contribution in [3.63, 3.8) is 0 Å². The molecule has 0 radical (unpaired) electrons. The summed E-state index contributed by atoms with van der Waals surface area (Å²) < 4.78 is 3.02. The van der Waals surface area contributed by atoms with Gasteiger partial charge < -0.3 is 15.4 Å². The summed E-state index contributed by atoms with van der Waals surface area (Å²) in [6.45, 7) is 8.84. The van der Waals surface area contributed by atoms with E-state index in [1.165, 1.54) is 11.9 Å². The van der Waals surface area contributed by atoms with Crippen molar-refractivity contribution in [1.82, 2.24) is 10.0 Å². The Labute approximate surface area is 135 Å². The Morgan fingerprint density at radius 2 is 2.14 bits per heavy atom. The highest BCUT2D eigenvalue weighted by Gasteiger charge is 2.15. The third-order valence-electron chi connectivity index (χ3n) is 3.25. The third-order valence-corrected chi connectivity index (χ3v) is 3.68. The fourth-order valence-corrected chi connectivity index (χ4v) is 2.62. The van der Waals surface area contributed by atoms with Crippen LogP contribution in [-0.2, 0) is 4.79 Å². The quantitative estimate of drug-likeness (QED) is 0.729. The number of carbonyl (C=O) groups excluding carboxylic acids is 1. The van der Waals surface area contributed by atoms with E-state index in [1.54, 1.807) is 0 Å². The normalized spacial score (nSPS) is 18.6. The summed E-state index contributed by atoms with van der Waals surface area (Å²) in [5, 5.41) is 6.15. The molecule has 116 valence electrons. The Morgan fingerprint density at radius 3 is 2.82 bits per heavy atom. The summed E-state index contributed by atoms with van der Waals surface area (Å²) in [6.07, 6.45) is 5.79. The lowest BCUT2D eigenvalue weighted by Crippen LogP contribution is -2.23. The second kappa shape index (κ2) is 7.22. The molecule has 0 saturated heterocycles. The van der Waals surface area contributed by atoms with Crippen LogP contribution in [0.1, 0.15) is 25.0 Å². The molecule has 2 rings (SSSR count). The van der Waals surface area contributed by atoms with Gasteiger partial charge in [-0.2, -0.15) is 0 Å². The molecule has 5 heteroatoms. The lowest BCUT2D eigenvalue weighted by Gasteiger charge is -2.17. The van der Waals surface area contributed by atoms with Crippen LogP contribution in [0.15, 0.2) is 42.1 Å². The van der Waals surface area contributed by atoms with E-state index in [4.69, 9.17) is 0 Å². The van der Waals surface area contributed by atoms with Gasteiger partial charge in [0.2, 0.25) is 0 Å². The second-order valence-corrected chi connectivity index (χ2v) is 5.63. The highest BCUT2D eigenvalue weighted by Crippen LogP contribution is 2.26. The maximum atomic E-state index is 12.4. The second-order valence-electron chi connectivity index (χ2n) is 5.02. The predicted octanol–water partition coefficient (Wildman–Crippen LogP) is 3.37. The van der Waals surface area contributed by atoms with Crippen LogP contribution in [0.5, 0.6) is 0 Å². The van der Waals surface area contributed by atoms with Crippen LogP contribution in [0, 0.1) is 0 Å². The molecule has 4 nitrogen and oxygen atoms in total. The van der Waals surface area contributed by atoms with Gasteiger partial charge in [-0.15, -0.1) is 0 Å². The molecule has 0 aliphatic carbocycles. The average Bonchev–Trinajstić information content (AvgIpc) is 2.47. The van der Waals surface area contributed by atoms with Crippen molar-refractivity contribution in [3.05, 3.63) is 53.3 Å². The number of nitrogens with one attached hydrogen (secondary N) is 3. The first-order valence-electron chi connectivity index (χ1n) is 7.12. The number of benzene rings is 1. The highest BCUT2D eigenvalue weighted by atomic mass is 32.2. The zero-order chi connectivity index (χ0) is 16.1. The molecule has 0 atom stereocenters. The molecule has 1 heterocycles. The minimum Gasteiger partial charge on any atom is -0.385 e. The maximum absolute atomic E-state index is 12.4. The number of carbonyl (C=O) groups is 1. The molecule has 1 amide bonds. The van der Waals surface area contributed by atoms with Crippen LogP contribution in [0.2, 0.25) is 0 Å². The molecular weight excluding hydrogens is 294 g/mol. The standard InChI is InChI=1S/C17H21N3OS/c1-5-18-12(3)13-6-7-14-8-11(2)9-16(20-22-4)17(21)19-15(14)10-13/h6-10,18,20H,3,5H2,1-2,4H3,(H,19,21). The Morgan fingerprint density at radius 1 is 1.36 bits per heavy atom. The van der Waals surface area contributed by atoms with Crippen molar-refractivity contribution >= 4 is 35.3 Å². The third kappa shape index (κ3) is 3.74. The number of hydrogen-bond acceptors (Lipinski definition) is 4. The van der Waals surface area contributed by atoms with Crippen molar-refractivity contribution in [2.75, 3.05) is 18.1 Å². The topological polar surface area (TPSA) is 53.2 Å².